The quantitative estimate of drug-likeness (QED) is 0.400. The maximum Gasteiger partial charge on any atom is 0.273 e. The third-order valence-electron chi connectivity index (χ3n) is 5.42. The van der Waals surface area contributed by atoms with E-state index >= 15 is 4.39 Å². The SMILES string of the molecule is CN=C(C(=CN)c1cc(Cl)c2c(=O)[nH]nc(CN)c2c1)c1c(F)cc2ccccc2c1C#N. The zero-order valence-corrected chi connectivity index (χ0v) is 18.2. The van der Waals surface area contributed by atoms with Gasteiger partial charge in [0.05, 0.1) is 32.9 Å². The largest absolute Gasteiger partial charge is 0.404 e. The Morgan fingerprint density at radius 3 is 2.73 bits per heavy atom. The number of allylic oxidation sites excluding steroid dienone is 1. The van der Waals surface area contributed by atoms with E-state index in [0.29, 0.717) is 33.0 Å². The number of nitriles is 1. The molecule has 5 N–H and O–H groups in total. The van der Waals surface area contributed by atoms with Gasteiger partial charge in [0.25, 0.3) is 5.56 Å². The second kappa shape index (κ2) is 8.82. The lowest BCUT2D eigenvalue weighted by atomic mass is 9.89. The first-order valence-electron chi connectivity index (χ1n) is 9.87. The predicted molar refractivity (Wildman–Crippen MR) is 129 cm³/mol. The van der Waals surface area contributed by atoms with Crippen LogP contribution in [0.25, 0.3) is 27.1 Å². The highest BCUT2D eigenvalue weighted by molar-refractivity contribution is 6.37. The van der Waals surface area contributed by atoms with Crippen LogP contribution in [0, 0.1) is 17.1 Å². The van der Waals surface area contributed by atoms with Crippen LogP contribution in [0.5, 0.6) is 0 Å². The standard InChI is InChI=1S/C24H18ClFN6O/c1-30-23(22-17(10-28)14-5-3-2-4-12(14)8-19(22)26)16(9-27)13-6-15-20(11-29)31-32-24(33)21(15)18(25)7-13/h2-9H,11,27,29H2,1H3,(H,32,33). The molecule has 0 fully saturated rings. The molecule has 1 heterocycles. The molecule has 4 rings (SSSR count). The van der Waals surface area contributed by atoms with Crippen molar-refractivity contribution in [3.05, 3.63) is 92.2 Å². The van der Waals surface area contributed by atoms with E-state index in [-0.39, 0.29) is 33.8 Å². The van der Waals surface area contributed by atoms with Crippen molar-refractivity contribution in [1.82, 2.24) is 10.2 Å². The average Bonchev–Trinajstić information content (AvgIpc) is 2.81. The molecule has 0 bridgehead atoms. The molecule has 0 radical (unpaired) electrons. The summed E-state index contributed by atoms with van der Waals surface area (Å²) in [5, 5.41) is 18.3. The zero-order valence-electron chi connectivity index (χ0n) is 17.5. The molecule has 0 amide bonds. The fraction of sp³-hybridized carbons (Fsp3) is 0.0833. The molecule has 0 spiro atoms. The third kappa shape index (κ3) is 3.63. The maximum absolute atomic E-state index is 15.3. The molecule has 33 heavy (non-hydrogen) atoms. The second-order valence-corrected chi connectivity index (χ2v) is 7.59. The Kier molecular flexibility index (Phi) is 5.92. The number of rotatable bonds is 4. The fourth-order valence-electron chi connectivity index (χ4n) is 3.95. The van der Waals surface area contributed by atoms with Crippen LogP contribution in [0.1, 0.15) is 22.4 Å². The van der Waals surface area contributed by atoms with Gasteiger partial charge in [-0.2, -0.15) is 10.4 Å². The molecule has 0 saturated heterocycles. The van der Waals surface area contributed by atoms with Gasteiger partial charge in [-0.25, -0.2) is 9.49 Å². The van der Waals surface area contributed by atoms with Gasteiger partial charge in [0.1, 0.15) is 11.9 Å². The summed E-state index contributed by atoms with van der Waals surface area (Å²) in [6.07, 6.45) is 1.26. The lowest BCUT2D eigenvalue weighted by molar-refractivity contribution is 0.627. The number of nitrogens with zero attached hydrogens (tertiary/aromatic N) is 3. The molecule has 0 unspecified atom stereocenters. The Morgan fingerprint density at radius 1 is 1.30 bits per heavy atom. The van der Waals surface area contributed by atoms with Crippen molar-refractivity contribution in [2.75, 3.05) is 7.05 Å². The summed E-state index contributed by atoms with van der Waals surface area (Å²) in [6, 6.07) is 13.7. The Morgan fingerprint density at radius 2 is 2.06 bits per heavy atom. The van der Waals surface area contributed by atoms with E-state index in [9.17, 15) is 10.1 Å². The number of aliphatic imine (C=N–C) groups is 1. The van der Waals surface area contributed by atoms with E-state index in [1.54, 1.807) is 30.3 Å². The minimum absolute atomic E-state index is 0.0229. The summed E-state index contributed by atoms with van der Waals surface area (Å²) in [4.78, 5) is 16.6. The average molecular weight is 461 g/mol. The molecule has 7 nitrogen and oxygen atoms in total. The molecule has 0 saturated carbocycles. The van der Waals surface area contributed by atoms with E-state index in [1.807, 2.05) is 0 Å². The van der Waals surface area contributed by atoms with Crippen molar-refractivity contribution in [3.8, 4) is 6.07 Å². The number of aromatic amines is 1. The van der Waals surface area contributed by atoms with Crippen LogP contribution in [0.4, 0.5) is 4.39 Å². The molecule has 0 atom stereocenters. The van der Waals surface area contributed by atoms with Crippen molar-refractivity contribution in [2.45, 2.75) is 6.54 Å². The molecule has 164 valence electrons. The van der Waals surface area contributed by atoms with Gasteiger partial charge in [0.2, 0.25) is 0 Å². The lowest BCUT2D eigenvalue weighted by Crippen LogP contribution is -2.15. The molecule has 9 heteroatoms. The lowest BCUT2D eigenvalue weighted by Gasteiger charge is -2.16. The number of halogens is 2. The summed E-state index contributed by atoms with van der Waals surface area (Å²) in [6.45, 7) is 0.0569. The number of fused-ring (bicyclic) bond motifs is 2. The van der Waals surface area contributed by atoms with Crippen LogP contribution >= 0.6 is 11.6 Å². The topological polar surface area (TPSA) is 134 Å². The molecule has 0 aliphatic rings. The molecule has 4 aromatic rings. The van der Waals surface area contributed by atoms with Gasteiger partial charge in [-0.3, -0.25) is 9.79 Å². The van der Waals surface area contributed by atoms with Crippen molar-refractivity contribution in [2.24, 2.45) is 16.5 Å². The van der Waals surface area contributed by atoms with E-state index < -0.39 is 11.4 Å². The highest BCUT2D eigenvalue weighted by Gasteiger charge is 2.23. The number of benzene rings is 3. The van der Waals surface area contributed by atoms with Crippen LogP contribution < -0.4 is 17.0 Å². The van der Waals surface area contributed by atoms with Crippen molar-refractivity contribution in [1.29, 1.82) is 5.26 Å². The van der Waals surface area contributed by atoms with Gasteiger partial charge >= 0.3 is 0 Å². The summed E-state index contributed by atoms with van der Waals surface area (Å²) in [5.74, 6) is -0.613. The minimum Gasteiger partial charge on any atom is -0.404 e. The van der Waals surface area contributed by atoms with Crippen LogP contribution in [0.3, 0.4) is 0 Å². The van der Waals surface area contributed by atoms with Crippen LogP contribution in [-0.4, -0.2) is 23.0 Å². The first-order chi connectivity index (χ1) is 15.9. The third-order valence-corrected chi connectivity index (χ3v) is 5.72. The Labute approximate surface area is 192 Å². The molecular weight excluding hydrogens is 443 g/mol. The minimum atomic E-state index is -0.613. The molecule has 3 aromatic carbocycles. The first kappa shape index (κ1) is 22.1. The summed E-state index contributed by atoms with van der Waals surface area (Å²) in [7, 11) is 1.48. The fourth-order valence-corrected chi connectivity index (χ4v) is 4.26. The summed E-state index contributed by atoms with van der Waals surface area (Å²) in [5.41, 5.74) is 12.8. The summed E-state index contributed by atoms with van der Waals surface area (Å²) < 4.78 is 15.3. The number of hydrogen-bond donors (Lipinski definition) is 3. The van der Waals surface area contributed by atoms with Gasteiger partial charge in [0.15, 0.2) is 0 Å². The first-order valence-corrected chi connectivity index (χ1v) is 10.2. The van der Waals surface area contributed by atoms with Crippen molar-refractivity contribution in [3.63, 3.8) is 0 Å². The van der Waals surface area contributed by atoms with Gasteiger partial charge in [0, 0.05) is 36.1 Å². The highest BCUT2D eigenvalue weighted by atomic mass is 35.5. The normalized spacial score (nSPS) is 12.3. The number of H-pyrrole nitrogens is 1. The Balaban J connectivity index is 2.01. The molecule has 0 aliphatic carbocycles. The smallest absolute Gasteiger partial charge is 0.273 e. The van der Waals surface area contributed by atoms with E-state index in [4.69, 9.17) is 23.1 Å². The summed E-state index contributed by atoms with van der Waals surface area (Å²) >= 11 is 6.44. The van der Waals surface area contributed by atoms with Crippen LogP contribution in [0.15, 0.2) is 58.5 Å². The van der Waals surface area contributed by atoms with Crippen molar-refractivity contribution >= 4 is 44.4 Å². The zero-order chi connectivity index (χ0) is 23.7. The molecular formula is C24H18ClFN6O. The predicted octanol–water partition coefficient (Wildman–Crippen LogP) is 3.62. The van der Waals surface area contributed by atoms with E-state index in [1.165, 1.54) is 25.4 Å². The van der Waals surface area contributed by atoms with Gasteiger partial charge in [-0.1, -0.05) is 35.9 Å². The Bertz CT molecular complexity index is 1580. The van der Waals surface area contributed by atoms with Gasteiger partial charge in [-0.05, 0) is 29.1 Å². The monoisotopic (exact) mass is 460 g/mol. The van der Waals surface area contributed by atoms with Crippen molar-refractivity contribution < 1.29 is 4.39 Å². The Hall–Kier alpha value is -4.06. The van der Waals surface area contributed by atoms with Crippen LogP contribution in [-0.2, 0) is 6.54 Å². The van der Waals surface area contributed by atoms with E-state index in [0.717, 1.165) is 0 Å². The highest BCUT2D eigenvalue weighted by Crippen LogP contribution is 2.33. The van der Waals surface area contributed by atoms with E-state index in [2.05, 4.69) is 21.3 Å². The number of nitrogens with one attached hydrogen (secondary N) is 1. The molecule has 0 aliphatic heterocycles. The number of nitrogens with two attached hydrogens (primary N) is 2. The second-order valence-electron chi connectivity index (χ2n) is 7.18. The van der Waals surface area contributed by atoms with Gasteiger partial charge in [-0.15, -0.1) is 0 Å². The number of aromatic nitrogens is 2. The maximum atomic E-state index is 15.3. The van der Waals surface area contributed by atoms with Gasteiger partial charge < -0.3 is 11.5 Å². The molecule has 1 aromatic heterocycles. The number of hydrogen-bond acceptors (Lipinski definition) is 6. The van der Waals surface area contributed by atoms with Crippen LogP contribution in [0.2, 0.25) is 5.02 Å².